The molecule has 4 nitrogen and oxygen atoms in total. The van der Waals surface area contributed by atoms with Gasteiger partial charge in [0.05, 0.1) is 6.10 Å². The van der Waals surface area contributed by atoms with Crippen LogP contribution in [-0.4, -0.2) is 23.8 Å². The number of aliphatic hydroxyl groups excluding tert-OH is 1. The predicted octanol–water partition coefficient (Wildman–Crippen LogP) is 2.62. The number of rotatable bonds is 5. The molecule has 17 heavy (non-hydrogen) atoms. The van der Waals surface area contributed by atoms with Gasteiger partial charge in [-0.05, 0) is 31.0 Å². The van der Waals surface area contributed by atoms with Gasteiger partial charge in [-0.3, -0.25) is 0 Å². The van der Waals surface area contributed by atoms with Gasteiger partial charge in [0.1, 0.15) is 0 Å². The van der Waals surface area contributed by atoms with Gasteiger partial charge in [-0.2, -0.15) is 0 Å². The summed E-state index contributed by atoms with van der Waals surface area (Å²) in [5, 5.41) is 15.2. The lowest BCUT2D eigenvalue weighted by Gasteiger charge is -2.10. The van der Waals surface area contributed by atoms with E-state index in [9.17, 15) is 9.90 Å². The van der Waals surface area contributed by atoms with Gasteiger partial charge in [-0.15, -0.1) is 0 Å². The fourth-order valence-electron chi connectivity index (χ4n) is 1.30. The molecule has 0 fully saturated rings. The number of urea groups is 1. The Bertz CT molecular complexity index is 371. The van der Waals surface area contributed by atoms with Crippen LogP contribution in [0.5, 0.6) is 0 Å². The van der Waals surface area contributed by atoms with Crippen molar-refractivity contribution in [2.24, 2.45) is 0 Å². The van der Waals surface area contributed by atoms with Crippen LogP contribution in [0.2, 0.25) is 5.02 Å². The van der Waals surface area contributed by atoms with Crippen LogP contribution in [0.25, 0.3) is 0 Å². The summed E-state index contributed by atoms with van der Waals surface area (Å²) in [5.41, 5.74) is 0.644. The highest BCUT2D eigenvalue weighted by atomic mass is 35.5. The first kappa shape index (κ1) is 13.8. The van der Waals surface area contributed by atoms with E-state index < -0.39 is 0 Å². The number of aliphatic hydroxyl groups is 1. The van der Waals surface area contributed by atoms with Crippen LogP contribution in [-0.2, 0) is 0 Å². The number of halogens is 1. The minimum atomic E-state index is -0.360. The minimum absolute atomic E-state index is 0.296. The van der Waals surface area contributed by atoms with E-state index in [1.165, 1.54) is 0 Å². The molecule has 1 unspecified atom stereocenters. The summed E-state index contributed by atoms with van der Waals surface area (Å²) in [4.78, 5) is 11.4. The Balaban J connectivity index is 2.30. The van der Waals surface area contributed by atoms with Crippen molar-refractivity contribution in [1.82, 2.24) is 5.32 Å². The fraction of sp³-hybridized carbons (Fsp3) is 0.417. The molecule has 0 aliphatic carbocycles. The lowest BCUT2D eigenvalue weighted by Crippen LogP contribution is -2.31. The van der Waals surface area contributed by atoms with E-state index in [1.807, 2.05) is 6.92 Å². The first-order valence-corrected chi connectivity index (χ1v) is 5.98. The number of carbonyl (C=O) groups excluding carboxylic acids is 1. The standard InChI is InChI=1S/C12H17ClN2O2/c1-2-11(16)6-7-14-12(17)15-10-5-3-4-9(13)8-10/h3-5,8,11,16H,2,6-7H2,1H3,(H2,14,15,17). The zero-order chi connectivity index (χ0) is 12.7. The minimum Gasteiger partial charge on any atom is -0.393 e. The number of nitrogens with one attached hydrogen (secondary N) is 2. The molecule has 0 spiro atoms. The topological polar surface area (TPSA) is 61.4 Å². The van der Waals surface area contributed by atoms with Crippen LogP contribution >= 0.6 is 11.6 Å². The summed E-state index contributed by atoms with van der Waals surface area (Å²) in [6.07, 6.45) is 0.887. The number of hydrogen-bond acceptors (Lipinski definition) is 2. The van der Waals surface area contributed by atoms with E-state index in [-0.39, 0.29) is 12.1 Å². The molecule has 2 amide bonds. The van der Waals surface area contributed by atoms with E-state index in [1.54, 1.807) is 24.3 Å². The van der Waals surface area contributed by atoms with Crippen molar-refractivity contribution in [1.29, 1.82) is 0 Å². The smallest absolute Gasteiger partial charge is 0.319 e. The Morgan fingerprint density at radius 3 is 2.94 bits per heavy atom. The lowest BCUT2D eigenvalue weighted by molar-refractivity contribution is 0.160. The zero-order valence-corrected chi connectivity index (χ0v) is 10.5. The van der Waals surface area contributed by atoms with Gasteiger partial charge in [0.2, 0.25) is 0 Å². The molecule has 0 aliphatic heterocycles. The fourth-order valence-corrected chi connectivity index (χ4v) is 1.49. The molecular formula is C12H17ClN2O2. The molecule has 0 heterocycles. The second-order valence-corrected chi connectivity index (χ2v) is 4.18. The molecule has 1 rings (SSSR count). The molecular weight excluding hydrogens is 240 g/mol. The average Bonchev–Trinajstić information content (AvgIpc) is 2.28. The highest BCUT2D eigenvalue weighted by Crippen LogP contribution is 2.14. The third kappa shape index (κ3) is 5.56. The zero-order valence-electron chi connectivity index (χ0n) is 9.74. The molecule has 1 atom stereocenters. The molecule has 0 saturated carbocycles. The van der Waals surface area contributed by atoms with Gasteiger partial charge in [0.25, 0.3) is 0 Å². The molecule has 94 valence electrons. The van der Waals surface area contributed by atoms with Crippen LogP contribution in [0, 0.1) is 0 Å². The monoisotopic (exact) mass is 256 g/mol. The maximum atomic E-state index is 11.4. The summed E-state index contributed by atoms with van der Waals surface area (Å²) in [7, 11) is 0. The van der Waals surface area contributed by atoms with Gasteiger partial charge in [0.15, 0.2) is 0 Å². The molecule has 1 aromatic carbocycles. The highest BCUT2D eigenvalue weighted by Gasteiger charge is 2.04. The van der Waals surface area contributed by atoms with Crippen LogP contribution in [0.15, 0.2) is 24.3 Å². The molecule has 3 N–H and O–H groups in total. The van der Waals surface area contributed by atoms with Crippen molar-refractivity contribution >= 4 is 23.3 Å². The summed E-state index contributed by atoms with van der Waals surface area (Å²) in [5.74, 6) is 0. The SMILES string of the molecule is CCC(O)CCNC(=O)Nc1cccc(Cl)c1. The third-order valence-corrected chi connectivity index (χ3v) is 2.55. The van der Waals surface area contributed by atoms with Gasteiger partial charge in [-0.25, -0.2) is 4.79 Å². The van der Waals surface area contributed by atoms with Crippen molar-refractivity contribution in [2.45, 2.75) is 25.9 Å². The summed E-state index contributed by atoms with van der Waals surface area (Å²) >= 11 is 5.79. The number of benzene rings is 1. The van der Waals surface area contributed by atoms with E-state index in [0.717, 1.165) is 0 Å². The molecule has 5 heteroatoms. The van der Waals surface area contributed by atoms with Crippen LogP contribution in [0.1, 0.15) is 19.8 Å². The Morgan fingerprint density at radius 2 is 2.29 bits per heavy atom. The summed E-state index contributed by atoms with van der Waals surface area (Å²) in [6.45, 7) is 2.35. The summed E-state index contributed by atoms with van der Waals surface area (Å²) < 4.78 is 0. The van der Waals surface area contributed by atoms with E-state index in [2.05, 4.69) is 10.6 Å². The molecule has 0 aliphatic rings. The second-order valence-electron chi connectivity index (χ2n) is 3.74. The molecule has 0 saturated heterocycles. The van der Waals surface area contributed by atoms with Crippen molar-refractivity contribution in [3.05, 3.63) is 29.3 Å². The largest absolute Gasteiger partial charge is 0.393 e. The summed E-state index contributed by atoms with van der Waals surface area (Å²) in [6, 6.07) is 6.63. The number of hydrogen-bond donors (Lipinski definition) is 3. The van der Waals surface area contributed by atoms with Gasteiger partial charge >= 0.3 is 6.03 Å². The first-order chi connectivity index (χ1) is 8.11. The molecule has 1 aromatic rings. The van der Waals surface area contributed by atoms with Gasteiger partial charge in [0, 0.05) is 17.3 Å². The van der Waals surface area contributed by atoms with Crippen LogP contribution in [0.4, 0.5) is 10.5 Å². The van der Waals surface area contributed by atoms with Crippen molar-refractivity contribution < 1.29 is 9.90 Å². The quantitative estimate of drug-likeness (QED) is 0.758. The maximum absolute atomic E-state index is 11.4. The molecule has 0 aromatic heterocycles. The van der Waals surface area contributed by atoms with Crippen LogP contribution < -0.4 is 10.6 Å². The van der Waals surface area contributed by atoms with Crippen molar-refractivity contribution in [3.8, 4) is 0 Å². The second kappa shape index (κ2) is 7.14. The predicted molar refractivity (Wildman–Crippen MR) is 69.4 cm³/mol. The van der Waals surface area contributed by atoms with Crippen molar-refractivity contribution in [3.63, 3.8) is 0 Å². The van der Waals surface area contributed by atoms with E-state index >= 15 is 0 Å². The lowest BCUT2D eigenvalue weighted by atomic mass is 10.2. The first-order valence-electron chi connectivity index (χ1n) is 5.60. The Kier molecular flexibility index (Phi) is 5.80. The Hall–Kier alpha value is -1.26. The van der Waals surface area contributed by atoms with E-state index in [4.69, 9.17) is 11.6 Å². The van der Waals surface area contributed by atoms with Crippen LogP contribution in [0.3, 0.4) is 0 Å². The molecule has 0 bridgehead atoms. The number of carbonyl (C=O) groups is 1. The van der Waals surface area contributed by atoms with Gasteiger partial charge in [-0.1, -0.05) is 24.6 Å². The Morgan fingerprint density at radius 1 is 1.53 bits per heavy atom. The highest BCUT2D eigenvalue weighted by molar-refractivity contribution is 6.30. The third-order valence-electron chi connectivity index (χ3n) is 2.32. The van der Waals surface area contributed by atoms with E-state index in [0.29, 0.717) is 30.1 Å². The normalized spacial score (nSPS) is 11.9. The molecule has 0 radical (unpaired) electrons. The van der Waals surface area contributed by atoms with Crippen molar-refractivity contribution in [2.75, 3.05) is 11.9 Å². The maximum Gasteiger partial charge on any atom is 0.319 e. The Labute approximate surface area is 106 Å². The average molecular weight is 257 g/mol. The van der Waals surface area contributed by atoms with Gasteiger partial charge < -0.3 is 15.7 Å². The number of amides is 2. The number of anilines is 1.